The number of hydrogen-bond donors (Lipinski definition) is 0. The largest absolute Gasteiger partial charge is 0.548 e. The topological polar surface area (TPSA) is 91.9 Å². The molecule has 0 fully saturated rings. The summed E-state index contributed by atoms with van der Waals surface area (Å²) in [6.45, 7) is 0.443. The minimum absolute atomic E-state index is 0.391. The normalized spacial score (nSPS) is 11.4. The molecule has 0 aromatic carbocycles. The number of carboxylic acid groups (broad SMARTS) is 1. The molecule has 3 aromatic rings. The average molecular weight is 335 g/mol. The number of fused-ring (bicyclic) bond motifs is 3. The quantitative estimate of drug-likeness (QED) is 0.605. The number of aromatic nitrogens is 3. The molecule has 23 heavy (non-hydrogen) atoms. The van der Waals surface area contributed by atoms with Gasteiger partial charge in [0.2, 0.25) is 5.95 Å². The van der Waals surface area contributed by atoms with Gasteiger partial charge in [0.05, 0.1) is 29.3 Å². The lowest BCUT2D eigenvalue weighted by Gasteiger charge is -2.20. The van der Waals surface area contributed by atoms with E-state index in [9.17, 15) is 14.7 Å². The fourth-order valence-corrected chi connectivity index (χ4v) is 3.24. The first-order valence-electron chi connectivity index (χ1n) is 6.92. The van der Waals surface area contributed by atoms with Crippen LogP contribution in [0.4, 0.5) is 5.95 Å². The highest BCUT2D eigenvalue weighted by Crippen LogP contribution is 2.26. The Morgan fingerprint density at radius 3 is 2.96 bits per heavy atom. The number of aliphatic carboxylic acids is 1. The molecule has 0 aliphatic rings. The highest BCUT2D eigenvalue weighted by atomic mass is 32.1. The molecule has 122 valence electrons. The van der Waals surface area contributed by atoms with Gasteiger partial charge in [-0.05, 0) is 17.5 Å². The zero-order valence-electron chi connectivity index (χ0n) is 12.7. The maximum atomic E-state index is 12.5. The van der Waals surface area contributed by atoms with Gasteiger partial charge in [-0.25, -0.2) is 4.68 Å². The summed E-state index contributed by atoms with van der Waals surface area (Å²) in [6.07, 6.45) is 0. The molecular formula is C14H15N4O4S-. The van der Waals surface area contributed by atoms with E-state index in [1.165, 1.54) is 11.3 Å². The van der Waals surface area contributed by atoms with Gasteiger partial charge in [-0.1, -0.05) is 0 Å². The summed E-state index contributed by atoms with van der Waals surface area (Å²) in [5, 5.41) is 17.0. The summed E-state index contributed by atoms with van der Waals surface area (Å²) in [6, 6.07) is 3.66. The van der Waals surface area contributed by atoms with Crippen LogP contribution in [0.15, 0.2) is 22.3 Å². The van der Waals surface area contributed by atoms with E-state index in [0.29, 0.717) is 24.6 Å². The van der Waals surface area contributed by atoms with Crippen molar-refractivity contribution in [1.82, 2.24) is 14.2 Å². The first-order valence-corrected chi connectivity index (χ1v) is 7.80. The molecule has 8 nitrogen and oxygen atoms in total. The Morgan fingerprint density at radius 2 is 2.26 bits per heavy atom. The van der Waals surface area contributed by atoms with Crippen molar-refractivity contribution < 1.29 is 14.6 Å². The second-order valence-corrected chi connectivity index (χ2v) is 6.03. The summed E-state index contributed by atoms with van der Waals surface area (Å²) in [7, 11) is 3.41. The minimum Gasteiger partial charge on any atom is -0.548 e. The van der Waals surface area contributed by atoms with Gasteiger partial charge in [-0.3, -0.25) is 9.20 Å². The van der Waals surface area contributed by atoms with Gasteiger partial charge in [-0.15, -0.1) is 16.4 Å². The Kier molecular flexibility index (Phi) is 4.05. The lowest BCUT2D eigenvalue weighted by atomic mass is 10.5. The number of anilines is 1. The molecule has 0 spiro atoms. The van der Waals surface area contributed by atoms with Gasteiger partial charge in [0, 0.05) is 20.7 Å². The minimum atomic E-state index is -1.36. The molecule has 0 N–H and O–H groups in total. The van der Waals surface area contributed by atoms with Crippen LogP contribution in [0, 0.1) is 0 Å². The van der Waals surface area contributed by atoms with Crippen LogP contribution in [0.3, 0.4) is 0 Å². The third kappa shape index (κ3) is 2.68. The number of carbonyl (C=O) groups excluding carboxylic acids is 1. The third-order valence-electron chi connectivity index (χ3n) is 3.54. The zero-order chi connectivity index (χ0) is 16.6. The van der Waals surface area contributed by atoms with Gasteiger partial charge < -0.3 is 19.5 Å². The Hall–Kier alpha value is -2.39. The molecule has 0 saturated carbocycles. The van der Waals surface area contributed by atoms with Gasteiger partial charge in [0.1, 0.15) is 5.52 Å². The number of thiophene rings is 1. The van der Waals surface area contributed by atoms with Crippen LogP contribution in [0.1, 0.15) is 0 Å². The number of likely N-dealkylation sites (N-methyl/N-ethyl adjacent to an activating group) is 1. The molecule has 0 radical (unpaired) electrons. The number of hydrogen-bond acceptors (Lipinski definition) is 7. The van der Waals surface area contributed by atoms with Gasteiger partial charge in [0.15, 0.2) is 0 Å². The van der Waals surface area contributed by atoms with Crippen molar-refractivity contribution in [3.05, 3.63) is 27.9 Å². The van der Waals surface area contributed by atoms with Crippen molar-refractivity contribution >= 4 is 39.0 Å². The number of nitrogens with zero attached hydrogens (tertiary/aromatic N) is 4. The van der Waals surface area contributed by atoms with Crippen LogP contribution in [0.25, 0.3) is 15.7 Å². The Morgan fingerprint density at radius 1 is 1.48 bits per heavy atom. The van der Waals surface area contributed by atoms with E-state index in [-0.39, 0.29) is 0 Å². The smallest absolute Gasteiger partial charge is 0.291 e. The standard InChI is InChI=1S/C14H16N4O4S/c1-16(4-5-22-2)14-15-17(8-12(19)20)13(21)10-7-11-9(18(10)14)3-6-23-11/h3,6-7H,4-5,8H2,1-2H3,(H,19,20)/p-1. The van der Waals surface area contributed by atoms with Gasteiger partial charge >= 0.3 is 0 Å². The second kappa shape index (κ2) is 6.01. The number of ether oxygens (including phenoxy) is 1. The van der Waals surface area contributed by atoms with Crippen molar-refractivity contribution in [3.8, 4) is 0 Å². The van der Waals surface area contributed by atoms with E-state index < -0.39 is 18.1 Å². The number of carbonyl (C=O) groups is 1. The molecule has 0 saturated heterocycles. The molecule has 0 aliphatic heterocycles. The van der Waals surface area contributed by atoms with Crippen LogP contribution < -0.4 is 15.6 Å². The maximum Gasteiger partial charge on any atom is 0.291 e. The number of methoxy groups -OCH3 is 1. The zero-order valence-corrected chi connectivity index (χ0v) is 13.5. The molecule has 0 amide bonds. The Labute approximate surface area is 135 Å². The van der Waals surface area contributed by atoms with Crippen molar-refractivity contribution in [1.29, 1.82) is 0 Å². The third-order valence-corrected chi connectivity index (χ3v) is 4.39. The van der Waals surface area contributed by atoms with Crippen molar-refractivity contribution in [2.24, 2.45) is 0 Å². The highest BCUT2D eigenvalue weighted by Gasteiger charge is 2.17. The predicted molar refractivity (Wildman–Crippen MR) is 85.0 cm³/mol. The van der Waals surface area contributed by atoms with Crippen LogP contribution >= 0.6 is 11.3 Å². The summed E-state index contributed by atoms with van der Waals surface area (Å²) in [5.41, 5.74) is 0.804. The first kappa shape index (κ1) is 15.5. The molecule has 9 heteroatoms. The van der Waals surface area contributed by atoms with Crippen LogP contribution in [-0.4, -0.2) is 47.5 Å². The molecule has 3 heterocycles. The molecular weight excluding hydrogens is 320 g/mol. The van der Waals surface area contributed by atoms with E-state index in [1.54, 1.807) is 17.6 Å². The fraction of sp³-hybridized carbons (Fsp3) is 0.357. The number of carboxylic acids is 1. The molecule has 3 rings (SSSR count). The molecule has 0 unspecified atom stereocenters. The lowest BCUT2D eigenvalue weighted by Crippen LogP contribution is -2.37. The van der Waals surface area contributed by atoms with E-state index in [4.69, 9.17) is 4.74 Å². The van der Waals surface area contributed by atoms with Gasteiger partial charge in [0.25, 0.3) is 5.56 Å². The monoisotopic (exact) mass is 335 g/mol. The van der Waals surface area contributed by atoms with E-state index in [0.717, 1.165) is 14.9 Å². The molecule has 0 bridgehead atoms. The van der Waals surface area contributed by atoms with Crippen LogP contribution in [0.5, 0.6) is 0 Å². The van der Waals surface area contributed by atoms with Crippen LogP contribution in [0.2, 0.25) is 0 Å². The van der Waals surface area contributed by atoms with E-state index in [2.05, 4.69) is 5.10 Å². The summed E-state index contributed by atoms with van der Waals surface area (Å²) in [4.78, 5) is 25.2. The molecule has 3 aromatic heterocycles. The number of rotatable bonds is 6. The van der Waals surface area contributed by atoms with E-state index in [1.807, 2.05) is 23.4 Å². The second-order valence-electron chi connectivity index (χ2n) is 5.08. The summed E-state index contributed by atoms with van der Waals surface area (Å²) < 4.78 is 8.68. The average Bonchev–Trinajstić information content (AvgIpc) is 3.08. The van der Waals surface area contributed by atoms with Crippen molar-refractivity contribution in [3.63, 3.8) is 0 Å². The Balaban J connectivity index is 2.26. The SMILES string of the molecule is COCCN(C)c1nn(CC(=O)[O-])c(=O)c2cc3sccc3n12. The van der Waals surface area contributed by atoms with E-state index >= 15 is 0 Å². The summed E-state index contributed by atoms with van der Waals surface area (Å²) >= 11 is 1.51. The van der Waals surface area contributed by atoms with Crippen LogP contribution in [-0.2, 0) is 16.1 Å². The van der Waals surface area contributed by atoms with Gasteiger partial charge in [-0.2, -0.15) is 0 Å². The Bertz CT molecular complexity index is 926. The highest BCUT2D eigenvalue weighted by molar-refractivity contribution is 7.17. The molecule has 0 atom stereocenters. The molecule has 0 aliphatic carbocycles. The fourth-order valence-electron chi connectivity index (χ4n) is 2.43. The summed E-state index contributed by atoms with van der Waals surface area (Å²) in [5.74, 6) is -0.880. The lowest BCUT2D eigenvalue weighted by molar-refractivity contribution is -0.306. The maximum absolute atomic E-state index is 12.5. The van der Waals surface area contributed by atoms with Crippen molar-refractivity contribution in [2.75, 3.05) is 32.2 Å². The van der Waals surface area contributed by atoms with Crippen molar-refractivity contribution in [2.45, 2.75) is 6.54 Å². The predicted octanol–water partition coefficient (Wildman–Crippen LogP) is -0.457. The first-order chi connectivity index (χ1) is 11.0.